The molecule has 1 heterocycles. The zero-order chi connectivity index (χ0) is 12.5. The average molecular weight is 325 g/mol. The van der Waals surface area contributed by atoms with Crippen LogP contribution in [0.15, 0.2) is 34.9 Å². The van der Waals surface area contributed by atoms with Crippen molar-refractivity contribution in [3.63, 3.8) is 0 Å². The second-order valence-corrected chi connectivity index (χ2v) is 5.55. The number of hydrogen-bond donors (Lipinski definition) is 1. The van der Waals surface area contributed by atoms with Crippen molar-refractivity contribution in [1.82, 2.24) is 9.97 Å². The summed E-state index contributed by atoms with van der Waals surface area (Å²) in [5.41, 5.74) is 2.82. The van der Waals surface area contributed by atoms with Crippen molar-refractivity contribution in [2.75, 3.05) is 5.32 Å². The van der Waals surface area contributed by atoms with Crippen molar-refractivity contribution in [3.8, 4) is 0 Å². The Morgan fingerprint density at radius 2 is 1.89 bits per heavy atom. The van der Waals surface area contributed by atoms with Crippen molar-refractivity contribution in [2.24, 2.45) is 0 Å². The molecule has 1 aromatic heterocycles. The van der Waals surface area contributed by atoms with Gasteiger partial charge in [0.2, 0.25) is 5.28 Å². The van der Waals surface area contributed by atoms with Gasteiger partial charge in [-0.15, -0.1) is 0 Å². The topological polar surface area (TPSA) is 37.8 Å². The number of fused-ring (bicyclic) bond motifs is 1. The molecule has 1 N–H and O–H groups in total. The lowest BCUT2D eigenvalue weighted by atomic mass is 10.1. The van der Waals surface area contributed by atoms with E-state index in [1.165, 1.54) is 11.1 Å². The molecule has 0 saturated carbocycles. The number of nitrogens with zero attached hydrogens (tertiary/aromatic N) is 2. The fourth-order valence-corrected chi connectivity index (χ4v) is 2.74. The Bertz CT molecular complexity index is 563. The quantitative estimate of drug-likeness (QED) is 0.860. The van der Waals surface area contributed by atoms with Crippen molar-refractivity contribution in [1.29, 1.82) is 0 Å². The van der Waals surface area contributed by atoms with E-state index in [9.17, 15) is 0 Å². The number of anilines is 1. The zero-order valence-electron chi connectivity index (χ0n) is 9.53. The third-order valence-corrected chi connectivity index (χ3v) is 3.87. The van der Waals surface area contributed by atoms with E-state index in [1.807, 2.05) is 0 Å². The molecule has 5 heteroatoms. The van der Waals surface area contributed by atoms with Gasteiger partial charge in [-0.1, -0.05) is 24.3 Å². The lowest BCUT2D eigenvalue weighted by Crippen LogP contribution is -2.20. The Hall–Kier alpha value is -1.13. The summed E-state index contributed by atoms with van der Waals surface area (Å²) >= 11 is 9.24. The normalized spacial score (nSPS) is 14.6. The van der Waals surface area contributed by atoms with E-state index < -0.39 is 0 Å². The molecule has 1 aliphatic carbocycles. The van der Waals surface area contributed by atoms with Crippen LogP contribution >= 0.6 is 27.5 Å². The van der Waals surface area contributed by atoms with Crippen LogP contribution in [-0.2, 0) is 12.8 Å². The lowest BCUT2D eigenvalue weighted by Gasteiger charge is -2.13. The Labute approximate surface area is 119 Å². The highest BCUT2D eigenvalue weighted by Gasteiger charge is 2.21. The van der Waals surface area contributed by atoms with Gasteiger partial charge in [-0.25, -0.2) is 4.98 Å². The first kappa shape index (κ1) is 11.9. The van der Waals surface area contributed by atoms with Gasteiger partial charge in [0.25, 0.3) is 0 Å². The van der Waals surface area contributed by atoms with Crippen LogP contribution in [0.4, 0.5) is 5.82 Å². The fourth-order valence-electron chi connectivity index (χ4n) is 2.30. The van der Waals surface area contributed by atoms with Crippen LogP contribution in [0.1, 0.15) is 11.1 Å². The van der Waals surface area contributed by atoms with Crippen LogP contribution in [0.3, 0.4) is 0 Å². The summed E-state index contributed by atoms with van der Waals surface area (Å²) in [7, 11) is 0. The predicted molar refractivity (Wildman–Crippen MR) is 76.0 cm³/mol. The Balaban J connectivity index is 1.78. The number of benzene rings is 1. The van der Waals surface area contributed by atoms with Crippen LogP contribution in [0.2, 0.25) is 5.28 Å². The number of rotatable bonds is 2. The molecule has 18 heavy (non-hydrogen) atoms. The van der Waals surface area contributed by atoms with Crippen LogP contribution < -0.4 is 5.32 Å². The molecule has 3 nitrogen and oxygen atoms in total. The second kappa shape index (κ2) is 4.86. The smallest absolute Gasteiger partial charge is 0.224 e. The van der Waals surface area contributed by atoms with Crippen molar-refractivity contribution < 1.29 is 0 Å². The Morgan fingerprint density at radius 3 is 2.56 bits per heavy atom. The first-order valence-electron chi connectivity index (χ1n) is 5.74. The summed E-state index contributed by atoms with van der Waals surface area (Å²) in [6.45, 7) is 0. The van der Waals surface area contributed by atoms with E-state index in [4.69, 9.17) is 11.6 Å². The number of nitrogens with one attached hydrogen (secondary N) is 1. The largest absolute Gasteiger partial charge is 0.366 e. The van der Waals surface area contributed by atoms with Crippen molar-refractivity contribution in [2.45, 2.75) is 18.9 Å². The van der Waals surface area contributed by atoms with Gasteiger partial charge in [0.15, 0.2) is 0 Å². The van der Waals surface area contributed by atoms with Gasteiger partial charge in [0.05, 0.1) is 4.47 Å². The molecule has 0 radical (unpaired) electrons. The summed E-state index contributed by atoms with van der Waals surface area (Å²) in [6.07, 6.45) is 3.70. The predicted octanol–water partition coefficient (Wildman–Crippen LogP) is 3.47. The summed E-state index contributed by atoms with van der Waals surface area (Å²) in [5, 5.41) is 3.67. The molecule has 0 saturated heterocycles. The second-order valence-electron chi connectivity index (χ2n) is 4.35. The van der Waals surface area contributed by atoms with Crippen LogP contribution in [0, 0.1) is 0 Å². The maximum Gasteiger partial charge on any atom is 0.224 e. The molecule has 3 rings (SSSR count). The highest BCUT2D eigenvalue weighted by molar-refractivity contribution is 9.10. The lowest BCUT2D eigenvalue weighted by molar-refractivity contribution is 0.767. The summed E-state index contributed by atoms with van der Waals surface area (Å²) in [5.74, 6) is 0.757. The van der Waals surface area contributed by atoms with Crippen molar-refractivity contribution >= 4 is 33.3 Å². The fraction of sp³-hybridized carbons (Fsp3) is 0.231. The van der Waals surface area contributed by atoms with E-state index >= 15 is 0 Å². The zero-order valence-corrected chi connectivity index (χ0v) is 11.9. The van der Waals surface area contributed by atoms with E-state index in [1.54, 1.807) is 6.20 Å². The van der Waals surface area contributed by atoms with Gasteiger partial charge in [0, 0.05) is 12.2 Å². The summed E-state index contributed by atoms with van der Waals surface area (Å²) in [6, 6.07) is 8.89. The third-order valence-electron chi connectivity index (χ3n) is 3.11. The highest BCUT2D eigenvalue weighted by Crippen LogP contribution is 2.27. The minimum atomic E-state index is 0.260. The number of aromatic nitrogens is 2. The summed E-state index contributed by atoms with van der Waals surface area (Å²) < 4.78 is 0.836. The third kappa shape index (κ3) is 2.35. The molecule has 2 aromatic rings. The van der Waals surface area contributed by atoms with Crippen LogP contribution in [0.5, 0.6) is 0 Å². The minimum Gasteiger partial charge on any atom is -0.366 e. The molecule has 92 valence electrons. The molecule has 0 atom stereocenters. The number of halogens is 2. The summed E-state index contributed by atoms with van der Waals surface area (Å²) in [4.78, 5) is 8.12. The van der Waals surface area contributed by atoms with Gasteiger partial charge in [-0.2, -0.15) is 4.98 Å². The van der Waals surface area contributed by atoms with E-state index in [2.05, 4.69) is 55.5 Å². The molecule has 0 amide bonds. The standard InChI is InChI=1S/C13H11BrClN3/c14-11-7-16-13(15)18-12(11)17-10-5-8-3-1-2-4-9(8)6-10/h1-4,7,10H,5-6H2,(H,16,17,18). The SMILES string of the molecule is Clc1ncc(Br)c(NC2Cc3ccccc3C2)n1. The van der Waals surface area contributed by atoms with Gasteiger partial charge in [-0.05, 0) is 51.5 Å². The molecule has 0 fully saturated rings. The molecular formula is C13H11BrClN3. The van der Waals surface area contributed by atoms with Crippen LogP contribution in [0.25, 0.3) is 0 Å². The monoisotopic (exact) mass is 323 g/mol. The molecule has 0 unspecified atom stereocenters. The molecule has 0 spiro atoms. The number of hydrogen-bond acceptors (Lipinski definition) is 3. The first-order valence-corrected chi connectivity index (χ1v) is 6.91. The van der Waals surface area contributed by atoms with Gasteiger partial charge in [0.1, 0.15) is 5.82 Å². The Morgan fingerprint density at radius 1 is 1.22 bits per heavy atom. The van der Waals surface area contributed by atoms with E-state index in [0.717, 1.165) is 23.1 Å². The maximum atomic E-state index is 5.81. The maximum absolute atomic E-state index is 5.81. The van der Waals surface area contributed by atoms with Crippen LogP contribution in [-0.4, -0.2) is 16.0 Å². The average Bonchev–Trinajstić information content (AvgIpc) is 2.76. The molecule has 0 aliphatic heterocycles. The van der Waals surface area contributed by atoms with E-state index in [0.29, 0.717) is 6.04 Å². The van der Waals surface area contributed by atoms with Crippen molar-refractivity contribution in [3.05, 3.63) is 51.3 Å². The van der Waals surface area contributed by atoms with Gasteiger partial charge < -0.3 is 5.32 Å². The van der Waals surface area contributed by atoms with E-state index in [-0.39, 0.29) is 5.28 Å². The molecule has 0 bridgehead atoms. The first-order chi connectivity index (χ1) is 8.72. The van der Waals surface area contributed by atoms with Gasteiger partial charge >= 0.3 is 0 Å². The minimum absolute atomic E-state index is 0.260. The van der Waals surface area contributed by atoms with Gasteiger partial charge in [-0.3, -0.25) is 0 Å². The Kier molecular flexibility index (Phi) is 3.22. The molecule has 1 aromatic carbocycles. The molecule has 1 aliphatic rings. The molecular weight excluding hydrogens is 314 g/mol. The highest BCUT2D eigenvalue weighted by atomic mass is 79.9.